The van der Waals surface area contributed by atoms with Gasteiger partial charge < -0.3 is 10.1 Å². The van der Waals surface area contributed by atoms with Crippen LogP contribution >= 0.6 is 0 Å². The van der Waals surface area contributed by atoms with E-state index in [9.17, 15) is 13.6 Å². The minimum atomic E-state index is -2.94. The molecular formula is C16H15F2N3O2. The van der Waals surface area contributed by atoms with E-state index in [-0.39, 0.29) is 17.4 Å². The zero-order valence-electron chi connectivity index (χ0n) is 12.4. The Morgan fingerprint density at radius 2 is 2.09 bits per heavy atom. The summed E-state index contributed by atoms with van der Waals surface area (Å²) in [6.45, 7) is -0.956. The molecule has 2 aromatic rings. The number of halogens is 2. The fourth-order valence-corrected chi connectivity index (χ4v) is 2.41. The molecule has 120 valence electrons. The zero-order valence-corrected chi connectivity index (χ0v) is 12.4. The number of anilines is 1. The number of hydrogen-bond acceptors (Lipinski definition) is 4. The van der Waals surface area contributed by atoms with E-state index in [4.69, 9.17) is 0 Å². The van der Waals surface area contributed by atoms with Crippen LogP contribution in [0.4, 0.5) is 14.6 Å². The highest BCUT2D eigenvalue weighted by atomic mass is 19.3. The SMILES string of the molecule is Cc1ccnc(NC(=O)c2ccc(OC(F)F)nc2)c1C1CC1. The molecule has 0 atom stereocenters. The molecule has 1 N–H and O–H groups in total. The number of ether oxygens (including phenoxy) is 1. The van der Waals surface area contributed by atoms with Gasteiger partial charge in [-0.3, -0.25) is 4.79 Å². The highest BCUT2D eigenvalue weighted by molar-refractivity contribution is 6.04. The molecule has 1 aliphatic carbocycles. The molecule has 1 saturated carbocycles. The van der Waals surface area contributed by atoms with Crippen molar-refractivity contribution in [3.05, 3.63) is 47.3 Å². The summed E-state index contributed by atoms with van der Waals surface area (Å²) in [7, 11) is 0. The van der Waals surface area contributed by atoms with Gasteiger partial charge in [0.25, 0.3) is 5.91 Å². The standard InChI is InChI=1S/C16H15F2N3O2/c1-9-6-7-19-14(13(9)10-2-3-10)21-15(22)11-4-5-12(20-8-11)23-16(17)18/h4-8,10,16H,2-3H2,1H3,(H,19,21,22). The minimum Gasteiger partial charge on any atom is -0.417 e. The van der Waals surface area contributed by atoms with Gasteiger partial charge in [0.2, 0.25) is 5.88 Å². The Kier molecular flexibility index (Phi) is 4.18. The summed E-state index contributed by atoms with van der Waals surface area (Å²) in [5, 5.41) is 2.77. The van der Waals surface area contributed by atoms with Gasteiger partial charge in [-0.15, -0.1) is 0 Å². The van der Waals surface area contributed by atoms with E-state index >= 15 is 0 Å². The van der Waals surface area contributed by atoms with Gasteiger partial charge in [-0.2, -0.15) is 8.78 Å². The number of amides is 1. The van der Waals surface area contributed by atoms with Gasteiger partial charge in [-0.1, -0.05) is 0 Å². The van der Waals surface area contributed by atoms with Crippen molar-refractivity contribution in [1.82, 2.24) is 9.97 Å². The molecule has 0 unspecified atom stereocenters. The molecule has 3 rings (SSSR count). The molecule has 1 fully saturated rings. The number of hydrogen-bond donors (Lipinski definition) is 1. The van der Waals surface area contributed by atoms with Gasteiger partial charge >= 0.3 is 6.61 Å². The van der Waals surface area contributed by atoms with Gasteiger partial charge in [0.15, 0.2) is 0 Å². The highest BCUT2D eigenvalue weighted by Crippen LogP contribution is 2.44. The van der Waals surface area contributed by atoms with E-state index in [1.807, 2.05) is 13.0 Å². The molecule has 0 spiro atoms. The maximum Gasteiger partial charge on any atom is 0.388 e. The number of carbonyl (C=O) groups is 1. The van der Waals surface area contributed by atoms with Gasteiger partial charge in [0.1, 0.15) is 5.82 Å². The van der Waals surface area contributed by atoms with E-state index in [2.05, 4.69) is 20.0 Å². The second-order valence-corrected chi connectivity index (χ2v) is 5.38. The normalized spacial score (nSPS) is 13.9. The van der Waals surface area contributed by atoms with Crippen molar-refractivity contribution in [2.45, 2.75) is 32.3 Å². The van der Waals surface area contributed by atoms with Crippen molar-refractivity contribution < 1.29 is 18.3 Å². The number of pyridine rings is 2. The van der Waals surface area contributed by atoms with Crippen molar-refractivity contribution in [2.24, 2.45) is 0 Å². The lowest BCUT2D eigenvalue weighted by molar-refractivity contribution is -0.0528. The maximum atomic E-state index is 12.3. The van der Waals surface area contributed by atoms with E-state index < -0.39 is 6.61 Å². The predicted molar refractivity (Wildman–Crippen MR) is 79.8 cm³/mol. The summed E-state index contributed by atoms with van der Waals surface area (Å²) < 4.78 is 28.3. The number of alkyl halides is 2. The van der Waals surface area contributed by atoms with Crippen LogP contribution in [0.2, 0.25) is 0 Å². The Bertz CT molecular complexity index is 716. The van der Waals surface area contributed by atoms with Crippen molar-refractivity contribution in [2.75, 3.05) is 5.32 Å². The van der Waals surface area contributed by atoms with Crippen LogP contribution in [0.5, 0.6) is 5.88 Å². The van der Waals surface area contributed by atoms with E-state index in [0.717, 1.165) is 24.0 Å². The molecular weight excluding hydrogens is 304 g/mol. The Hall–Kier alpha value is -2.57. The molecule has 1 amide bonds. The molecule has 0 bridgehead atoms. The molecule has 23 heavy (non-hydrogen) atoms. The Balaban J connectivity index is 1.76. The summed E-state index contributed by atoms with van der Waals surface area (Å²) in [5.74, 6) is 0.370. The molecule has 2 aromatic heterocycles. The number of carbonyl (C=O) groups excluding carboxylic acids is 1. The van der Waals surface area contributed by atoms with Crippen LogP contribution in [0.1, 0.15) is 40.2 Å². The average molecular weight is 319 g/mol. The first-order valence-electron chi connectivity index (χ1n) is 7.22. The molecule has 2 heterocycles. The van der Waals surface area contributed by atoms with E-state index in [1.54, 1.807) is 6.20 Å². The van der Waals surface area contributed by atoms with Crippen LogP contribution in [0.3, 0.4) is 0 Å². The molecule has 0 saturated heterocycles. The maximum absolute atomic E-state index is 12.3. The Morgan fingerprint density at radius 3 is 2.70 bits per heavy atom. The van der Waals surface area contributed by atoms with E-state index in [1.165, 1.54) is 18.3 Å². The lowest BCUT2D eigenvalue weighted by Gasteiger charge is -2.12. The monoisotopic (exact) mass is 319 g/mol. The third-order valence-corrected chi connectivity index (χ3v) is 3.63. The highest BCUT2D eigenvalue weighted by Gasteiger charge is 2.29. The average Bonchev–Trinajstić information content (AvgIpc) is 3.32. The number of rotatable bonds is 5. The summed E-state index contributed by atoms with van der Waals surface area (Å²) >= 11 is 0. The minimum absolute atomic E-state index is 0.232. The summed E-state index contributed by atoms with van der Waals surface area (Å²) in [4.78, 5) is 20.2. The third-order valence-electron chi connectivity index (χ3n) is 3.63. The number of nitrogens with zero attached hydrogens (tertiary/aromatic N) is 2. The molecule has 1 aliphatic rings. The summed E-state index contributed by atoms with van der Waals surface area (Å²) in [6, 6.07) is 4.53. The smallest absolute Gasteiger partial charge is 0.388 e. The van der Waals surface area contributed by atoms with Gasteiger partial charge in [0, 0.05) is 24.0 Å². The van der Waals surface area contributed by atoms with Crippen LogP contribution in [0, 0.1) is 6.92 Å². The number of aromatic nitrogens is 2. The largest absolute Gasteiger partial charge is 0.417 e. The second-order valence-electron chi connectivity index (χ2n) is 5.38. The van der Waals surface area contributed by atoms with Crippen molar-refractivity contribution in [1.29, 1.82) is 0 Å². The van der Waals surface area contributed by atoms with Crippen LogP contribution in [0.25, 0.3) is 0 Å². The Morgan fingerprint density at radius 1 is 1.30 bits per heavy atom. The predicted octanol–water partition coefficient (Wildman–Crippen LogP) is 3.52. The van der Waals surface area contributed by atoms with Gasteiger partial charge in [0.05, 0.1) is 5.56 Å². The van der Waals surface area contributed by atoms with Gasteiger partial charge in [-0.05, 0) is 43.4 Å². The number of nitrogens with one attached hydrogen (secondary N) is 1. The molecule has 7 heteroatoms. The quantitative estimate of drug-likeness (QED) is 0.916. The van der Waals surface area contributed by atoms with Crippen molar-refractivity contribution in [3.8, 4) is 5.88 Å². The number of aryl methyl sites for hydroxylation is 1. The first-order chi connectivity index (χ1) is 11.0. The zero-order chi connectivity index (χ0) is 16.4. The second kappa shape index (κ2) is 6.28. The molecule has 5 nitrogen and oxygen atoms in total. The van der Waals surface area contributed by atoms with Crippen LogP contribution < -0.4 is 10.1 Å². The first-order valence-corrected chi connectivity index (χ1v) is 7.22. The lowest BCUT2D eigenvalue weighted by atomic mass is 10.1. The molecule has 0 aliphatic heterocycles. The Labute approximate surface area is 131 Å². The fourth-order valence-electron chi connectivity index (χ4n) is 2.41. The summed E-state index contributed by atoms with van der Waals surface area (Å²) in [5.41, 5.74) is 2.40. The van der Waals surface area contributed by atoms with Crippen molar-refractivity contribution >= 4 is 11.7 Å². The third kappa shape index (κ3) is 3.61. The topological polar surface area (TPSA) is 64.1 Å². The van der Waals surface area contributed by atoms with Crippen LogP contribution in [0.15, 0.2) is 30.6 Å². The lowest BCUT2D eigenvalue weighted by Crippen LogP contribution is -2.15. The van der Waals surface area contributed by atoms with E-state index in [0.29, 0.717) is 11.7 Å². The van der Waals surface area contributed by atoms with Crippen molar-refractivity contribution in [3.63, 3.8) is 0 Å². The summed E-state index contributed by atoms with van der Waals surface area (Å²) in [6.07, 6.45) is 5.03. The van der Waals surface area contributed by atoms with Gasteiger partial charge in [-0.25, -0.2) is 9.97 Å². The molecule has 0 aromatic carbocycles. The fraction of sp³-hybridized carbons (Fsp3) is 0.312. The first kappa shape index (κ1) is 15.3. The molecule has 0 radical (unpaired) electrons. The van der Waals surface area contributed by atoms with Crippen LogP contribution in [-0.2, 0) is 0 Å². The van der Waals surface area contributed by atoms with Crippen LogP contribution in [-0.4, -0.2) is 22.5 Å².